The molecule has 1 atom stereocenters. The predicted molar refractivity (Wildman–Crippen MR) is 104 cm³/mol. The fourth-order valence-electron chi connectivity index (χ4n) is 3.69. The molecule has 0 aromatic heterocycles. The van der Waals surface area contributed by atoms with E-state index in [0.717, 1.165) is 35.8 Å². The zero-order valence-electron chi connectivity index (χ0n) is 15.1. The number of carbonyl (C=O) groups is 1. The first-order valence-electron chi connectivity index (χ1n) is 9.34. The first-order chi connectivity index (χ1) is 13.2. The van der Waals surface area contributed by atoms with E-state index in [2.05, 4.69) is 0 Å². The second-order valence-corrected chi connectivity index (χ2v) is 6.98. The molecule has 1 unspecified atom stereocenters. The molecule has 27 heavy (non-hydrogen) atoms. The molecule has 0 spiro atoms. The average molecular weight is 363 g/mol. The van der Waals surface area contributed by atoms with Crippen LogP contribution >= 0.6 is 0 Å². The maximum Gasteiger partial charge on any atom is 0.254 e. The Kier molecular flexibility index (Phi) is 5.16. The van der Waals surface area contributed by atoms with Crippen molar-refractivity contribution in [3.05, 3.63) is 83.7 Å². The largest absolute Gasteiger partial charge is 0.376 e. The molecule has 1 amide bonds. The highest BCUT2D eigenvalue weighted by Gasteiger charge is 2.24. The van der Waals surface area contributed by atoms with Crippen LogP contribution in [0.4, 0.5) is 4.39 Å². The summed E-state index contributed by atoms with van der Waals surface area (Å²) in [6, 6.07) is 20.1. The lowest BCUT2D eigenvalue weighted by Gasteiger charge is -2.26. The van der Waals surface area contributed by atoms with Crippen LogP contribution in [0.15, 0.2) is 66.7 Å². The van der Waals surface area contributed by atoms with Crippen molar-refractivity contribution >= 4 is 16.7 Å². The van der Waals surface area contributed by atoms with Gasteiger partial charge in [0, 0.05) is 25.3 Å². The minimum absolute atomic E-state index is 0.0393. The SMILES string of the molecule is O=C(c1cccc2ccccc12)N(Cc1cccc(F)c1)CC1CCCO1. The van der Waals surface area contributed by atoms with Crippen molar-refractivity contribution in [1.29, 1.82) is 0 Å². The summed E-state index contributed by atoms with van der Waals surface area (Å²) in [6.45, 7) is 1.61. The highest BCUT2D eigenvalue weighted by atomic mass is 19.1. The van der Waals surface area contributed by atoms with E-state index in [0.29, 0.717) is 18.7 Å². The second-order valence-electron chi connectivity index (χ2n) is 6.98. The minimum Gasteiger partial charge on any atom is -0.376 e. The smallest absolute Gasteiger partial charge is 0.254 e. The number of ether oxygens (including phenoxy) is 1. The van der Waals surface area contributed by atoms with Gasteiger partial charge < -0.3 is 9.64 Å². The molecule has 1 aliphatic rings. The Morgan fingerprint density at radius 1 is 1.07 bits per heavy atom. The quantitative estimate of drug-likeness (QED) is 0.652. The minimum atomic E-state index is -0.290. The van der Waals surface area contributed by atoms with Gasteiger partial charge in [0.15, 0.2) is 0 Å². The predicted octanol–water partition coefficient (Wildman–Crippen LogP) is 4.80. The Labute approximate surface area is 158 Å². The number of halogens is 1. The molecular weight excluding hydrogens is 341 g/mol. The molecule has 0 radical (unpaired) electrons. The maximum atomic E-state index is 13.6. The van der Waals surface area contributed by atoms with Crippen LogP contribution in [0, 0.1) is 5.82 Å². The monoisotopic (exact) mass is 363 g/mol. The van der Waals surface area contributed by atoms with Gasteiger partial charge in [0.05, 0.1) is 6.10 Å². The van der Waals surface area contributed by atoms with Crippen LogP contribution in [0.1, 0.15) is 28.8 Å². The van der Waals surface area contributed by atoms with Crippen LogP contribution in [0.5, 0.6) is 0 Å². The van der Waals surface area contributed by atoms with E-state index in [1.54, 1.807) is 11.0 Å². The fourth-order valence-corrected chi connectivity index (χ4v) is 3.69. The number of benzene rings is 3. The van der Waals surface area contributed by atoms with Crippen LogP contribution in [0.2, 0.25) is 0 Å². The van der Waals surface area contributed by atoms with E-state index in [1.165, 1.54) is 12.1 Å². The summed E-state index contributed by atoms with van der Waals surface area (Å²) in [4.78, 5) is 15.2. The van der Waals surface area contributed by atoms with Crippen molar-refractivity contribution in [2.45, 2.75) is 25.5 Å². The Bertz CT molecular complexity index is 945. The first-order valence-corrected chi connectivity index (χ1v) is 9.34. The molecule has 138 valence electrons. The number of hydrogen-bond donors (Lipinski definition) is 0. The standard InChI is InChI=1S/C23H22FNO2/c24-19-9-3-6-17(14-19)15-25(16-20-10-5-13-27-20)23(26)22-12-4-8-18-7-1-2-11-21(18)22/h1-4,6-9,11-12,14,20H,5,10,13,15-16H2. The van der Waals surface area contributed by atoms with Gasteiger partial charge >= 0.3 is 0 Å². The first kappa shape index (κ1) is 17.7. The summed E-state index contributed by atoms with van der Waals surface area (Å²) < 4.78 is 19.4. The lowest BCUT2D eigenvalue weighted by atomic mass is 10.0. The number of carbonyl (C=O) groups excluding carboxylic acids is 1. The summed E-state index contributed by atoms with van der Waals surface area (Å²) in [5, 5.41) is 1.97. The van der Waals surface area contributed by atoms with Gasteiger partial charge in [0.25, 0.3) is 5.91 Å². The van der Waals surface area contributed by atoms with Crippen molar-refractivity contribution in [2.24, 2.45) is 0 Å². The average Bonchev–Trinajstić information content (AvgIpc) is 3.20. The molecule has 4 rings (SSSR count). The van der Waals surface area contributed by atoms with Gasteiger partial charge in [-0.2, -0.15) is 0 Å². The van der Waals surface area contributed by atoms with Gasteiger partial charge in [-0.15, -0.1) is 0 Å². The molecule has 1 heterocycles. The molecule has 0 saturated carbocycles. The molecular formula is C23H22FNO2. The van der Waals surface area contributed by atoms with Crippen molar-refractivity contribution < 1.29 is 13.9 Å². The second kappa shape index (κ2) is 7.89. The van der Waals surface area contributed by atoms with E-state index in [-0.39, 0.29) is 17.8 Å². The molecule has 1 aliphatic heterocycles. The number of rotatable bonds is 5. The van der Waals surface area contributed by atoms with E-state index in [1.807, 2.05) is 48.5 Å². The van der Waals surface area contributed by atoms with E-state index >= 15 is 0 Å². The summed E-state index contributed by atoms with van der Waals surface area (Å²) in [7, 11) is 0. The lowest BCUT2D eigenvalue weighted by molar-refractivity contribution is 0.0508. The summed E-state index contributed by atoms with van der Waals surface area (Å²) in [5.41, 5.74) is 1.45. The summed E-state index contributed by atoms with van der Waals surface area (Å²) in [5.74, 6) is -0.339. The third-order valence-corrected chi connectivity index (χ3v) is 5.02. The van der Waals surface area contributed by atoms with E-state index in [9.17, 15) is 9.18 Å². The van der Waals surface area contributed by atoms with Gasteiger partial charge in [-0.05, 0) is 47.4 Å². The Morgan fingerprint density at radius 3 is 2.70 bits per heavy atom. The Hall–Kier alpha value is -2.72. The van der Waals surface area contributed by atoms with Crippen LogP contribution < -0.4 is 0 Å². The van der Waals surface area contributed by atoms with Crippen LogP contribution in [-0.2, 0) is 11.3 Å². The molecule has 1 saturated heterocycles. The number of fused-ring (bicyclic) bond motifs is 1. The molecule has 0 N–H and O–H groups in total. The third-order valence-electron chi connectivity index (χ3n) is 5.02. The van der Waals surface area contributed by atoms with Crippen molar-refractivity contribution in [2.75, 3.05) is 13.2 Å². The van der Waals surface area contributed by atoms with E-state index < -0.39 is 0 Å². The number of amides is 1. The summed E-state index contributed by atoms with van der Waals surface area (Å²) >= 11 is 0. The lowest BCUT2D eigenvalue weighted by Crippen LogP contribution is -2.37. The van der Waals surface area contributed by atoms with Crippen LogP contribution in [0.3, 0.4) is 0 Å². The van der Waals surface area contributed by atoms with Gasteiger partial charge in [-0.25, -0.2) is 4.39 Å². The topological polar surface area (TPSA) is 29.5 Å². The highest BCUT2D eigenvalue weighted by Crippen LogP contribution is 2.23. The Balaban J connectivity index is 1.66. The molecule has 3 aromatic carbocycles. The van der Waals surface area contributed by atoms with Gasteiger partial charge in [0.2, 0.25) is 0 Å². The molecule has 0 aliphatic carbocycles. The highest BCUT2D eigenvalue weighted by molar-refractivity contribution is 6.07. The van der Waals surface area contributed by atoms with Gasteiger partial charge in [-0.3, -0.25) is 4.79 Å². The molecule has 3 aromatic rings. The molecule has 1 fully saturated rings. The van der Waals surface area contributed by atoms with Gasteiger partial charge in [-0.1, -0.05) is 48.5 Å². The Morgan fingerprint density at radius 2 is 1.89 bits per heavy atom. The fraction of sp³-hybridized carbons (Fsp3) is 0.261. The van der Waals surface area contributed by atoms with Crippen LogP contribution in [0.25, 0.3) is 10.8 Å². The maximum absolute atomic E-state index is 13.6. The molecule has 0 bridgehead atoms. The van der Waals surface area contributed by atoms with Crippen LogP contribution in [-0.4, -0.2) is 30.1 Å². The molecule has 4 heteroatoms. The van der Waals surface area contributed by atoms with Crippen molar-refractivity contribution in [3.63, 3.8) is 0 Å². The number of nitrogens with zero attached hydrogens (tertiary/aromatic N) is 1. The van der Waals surface area contributed by atoms with Gasteiger partial charge in [0.1, 0.15) is 5.82 Å². The number of hydrogen-bond acceptors (Lipinski definition) is 2. The zero-order chi connectivity index (χ0) is 18.6. The van der Waals surface area contributed by atoms with Crippen molar-refractivity contribution in [3.8, 4) is 0 Å². The zero-order valence-corrected chi connectivity index (χ0v) is 15.1. The summed E-state index contributed by atoms with van der Waals surface area (Å²) in [6.07, 6.45) is 2.00. The third kappa shape index (κ3) is 4.01. The van der Waals surface area contributed by atoms with E-state index in [4.69, 9.17) is 4.74 Å². The normalized spacial score (nSPS) is 16.6. The van der Waals surface area contributed by atoms with Crippen molar-refractivity contribution in [1.82, 2.24) is 4.90 Å². The molecule has 3 nitrogen and oxygen atoms in total.